The minimum atomic E-state index is -0.751. The van der Waals surface area contributed by atoms with Gasteiger partial charge in [-0.05, 0) is 72.1 Å². The van der Waals surface area contributed by atoms with E-state index in [0.29, 0.717) is 34.5 Å². The van der Waals surface area contributed by atoms with Crippen molar-refractivity contribution < 1.29 is 19.4 Å². The van der Waals surface area contributed by atoms with Gasteiger partial charge in [0.05, 0.1) is 6.54 Å². The summed E-state index contributed by atoms with van der Waals surface area (Å²) in [5.74, 6) is 1.01. The van der Waals surface area contributed by atoms with E-state index in [1.807, 2.05) is 42.5 Å². The lowest BCUT2D eigenvalue weighted by Gasteiger charge is -2.35. The normalized spacial score (nSPS) is 15.6. The molecule has 1 amide bonds. The first kappa shape index (κ1) is 26.2. The fourth-order valence-electron chi connectivity index (χ4n) is 5.00. The van der Waals surface area contributed by atoms with Gasteiger partial charge in [0, 0.05) is 33.2 Å². The zero-order chi connectivity index (χ0) is 27.6. The first-order valence-electron chi connectivity index (χ1n) is 12.7. The molecule has 2 N–H and O–H groups in total. The van der Waals surface area contributed by atoms with Gasteiger partial charge in [-0.2, -0.15) is 5.10 Å². The summed E-state index contributed by atoms with van der Waals surface area (Å²) in [6.45, 7) is 0.823. The van der Waals surface area contributed by atoms with Gasteiger partial charge >= 0.3 is 6.09 Å². The van der Waals surface area contributed by atoms with E-state index in [-0.39, 0.29) is 13.2 Å². The van der Waals surface area contributed by atoms with E-state index in [2.05, 4.69) is 15.1 Å². The van der Waals surface area contributed by atoms with Crippen LogP contribution in [0.3, 0.4) is 0 Å². The van der Waals surface area contributed by atoms with Gasteiger partial charge in [-0.25, -0.2) is 9.78 Å². The molecule has 3 heterocycles. The van der Waals surface area contributed by atoms with Crippen LogP contribution in [-0.2, 0) is 13.0 Å². The molecule has 6 rings (SSSR count). The van der Waals surface area contributed by atoms with Crippen LogP contribution in [0.2, 0.25) is 10.0 Å². The van der Waals surface area contributed by atoms with Crippen molar-refractivity contribution in [2.45, 2.75) is 25.1 Å². The molecule has 0 spiro atoms. The fraction of sp³-hybridized carbons (Fsp3) is 0.207. The standard InChI is InChI=1S/C29H25Cl2N5O4/c30-19-3-8-23(9-4-19)40-29(38)36-12-11-24-25-13-20(31)5-10-26(25)34-27(24)28(36)18-1-6-22(7-2-18)39-15-21(37)14-35-17-32-16-33-35/h1-10,13,16-17,21,28,34,37H,11-12,14-15H2. The number of H-pyrrole nitrogens is 1. The molecule has 2 unspecified atom stereocenters. The second kappa shape index (κ2) is 11.2. The highest BCUT2D eigenvalue weighted by molar-refractivity contribution is 6.31. The molecular formula is C29H25Cl2N5O4. The van der Waals surface area contributed by atoms with E-state index < -0.39 is 18.2 Å². The predicted octanol–water partition coefficient (Wildman–Crippen LogP) is 5.65. The zero-order valence-electron chi connectivity index (χ0n) is 21.2. The number of hydrogen-bond acceptors (Lipinski definition) is 6. The summed E-state index contributed by atoms with van der Waals surface area (Å²) in [7, 11) is 0. The Morgan fingerprint density at radius 3 is 2.55 bits per heavy atom. The van der Waals surface area contributed by atoms with E-state index in [9.17, 15) is 9.90 Å². The number of ether oxygens (including phenoxy) is 2. The van der Waals surface area contributed by atoms with Crippen LogP contribution < -0.4 is 9.47 Å². The Morgan fingerprint density at radius 2 is 1.80 bits per heavy atom. The number of amides is 1. The van der Waals surface area contributed by atoms with Gasteiger partial charge in [-0.1, -0.05) is 35.3 Å². The van der Waals surface area contributed by atoms with E-state index in [0.717, 1.165) is 27.7 Å². The van der Waals surface area contributed by atoms with Crippen LogP contribution in [0.5, 0.6) is 11.5 Å². The molecule has 204 valence electrons. The fourth-order valence-corrected chi connectivity index (χ4v) is 5.30. The highest BCUT2D eigenvalue weighted by Crippen LogP contribution is 2.40. The predicted molar refractivity (Wildman–Crippen MR) is 151 cm³/mol. The minimum Gasteiger partial charge on any atom is -0.491 e. The van der Waals surface area contributed by atoms with E-state index in [4.69, 9.17) is 32.7 Å². The van der Waals surface area contributed by atoms with Crippen molar-refractivity contribution in [1.29, 1.82) is 0 Å². The van der Waals surface area contributed by atoms with Crippen molar-refractivity contribution in [3.63, 3.8) is 0 Å². The molecule has 2 aromatic heterocycles. The number of halogens is 2. The number of aliphatic hydroxyl groups is 1. The Bertz CT molecular complexity index is 1620. The molecule has 0 aliphatic carbocycles. The lowest BCUT2D eigenvalue weighted by atomic mass is 9.92. The van der Waals surface area contributed by atoms with E-state index in [1.165, 1.54) is 12.7 Å². The SMILES string of the molecule is O=C(Oc1ccc(Cl)cc1)N1CCc2c([nH]c3ccc(Cl)cc23)C1c1ccc(OCC(O)Cn2cncn2)cc1. The number of nitrogens with one attached hydrogen (secondary N) is 1. The molecule has 1 aliphatic heterocycles. The van der Waals surface area contributed by atoms with Crippen molar-refractivity contribution in [3.8, 4) is 11.5 Å². The van der Waals surface area contributed by atoms with Gasteiger partial charge in [0.25, 0.3) is 0 Å². The van der Waals surface area contributed by atoms with Gasteiger partial charge in [-0.3, -0.25) is 9.58 Å². The summed E-state index contributed by atoms with van der Waals surface area (Å²) in [5, 5.41) is 16.5. The number of carbonyl (C=O) groups is 1. The Kier molecular flexibility index (Phi) is 7.34. The van der Waals surface area contributed by atoms with Gasteiger partial charge in [0.1, 0.15) is 42.9 Å². The maximum Gasteiger partial charge on any atom is 0.416 e. The van der Waals surface area contributed by atoms with Crippen LogP contribution in [0.1, 0.15) is 22.9 Å². The number of aromatic amines is 1. The Balaban J connectivity index is 1.27. The lowest BCUT2D eigenvalue weighted by molar-refractivity contribution is 0.0892. The smallest absolute Gasteiger partial charge is 0.416 e. The molecule has 0 radical (unpaired) electrons. The summed E-state index contributed by atoms with van der Waals surface area (Å²) in [6, 6.07) is 19.5. The summed E-state index contributed by atoms with van der Waals surface area (Å²) < 4.78 is 13.1. The molecule has 3 aromatic carbocycles. The molecule has 9 nitrogen and oxygen atoms in total. The summed E-state index contributed by atoms with van der Waals surface area (Å²) in [4.78, 5) is 22.6. The molecular weight excluding hydrogens is 553 g/mol. The highest BCUT2D eigenvalue weighted by Gasteiger charge is 2.35. The quantitative estimate of drug-likeness (QED) is 0.259. The second-order valence-corrected chi connectivity index (χ2v) is 10.4. The van der Waals surface area contributed by atoms with Gasteiger partial charge < -0.3 is 19.6 Å². The number of aliphatic hydroxyl groups excluding tert-OH is 1. The second-order valence-electron chi connectivity index (χ2n) is 9.53. The maximum atomic E-state index is 13.5. The molecule has 0 saturated heterocycles. The molecule has 5 aromatic rings. The van der Waals surface area contributed by atoms with Crippen molar-refractivity contribution in [3.05, 3.63) is 106 Å². The molecule has 0 fully saturated rings. The number of hydrogen-bond donors (Lipinski definition) is 2. The first-order valence-corrected chi connectivity index (χ1v) is 13.5. The largest absolute Gasteiger partial charge is 0.491 e. The molecule has 0 saturated carbocycles. The van der Waals surface area contributed by atoms with Crippen LogP contribution in [0.4, 0.5) is 4.79 Å². The third-order valence-corrected chi connectivity index (χ3v) is 7.33. The number of nitrogens with zero attached hydrogens (tertiary/aromatic N) is 4. The van der Waals surface area contributed by atoms with Crippen molar-refractivity contribution in [2.24, 2.45) is 0 Å². The summed E-state index contributed by atoms with van der Waals surface area (Å²) >= 11 is 12.3. The Labute approximate surface area is 239 Å². The number of fused-ring (bicyclic) bond motifs is 3. The van der Waals surface area contributed by atoms with Gasteiger partial charge in [0.2, 0.25) is 0 Å². The highest BCUT2D eigenvalue weighted by atomic mass is 35.5. The molecule has 40 heavy (non-hydrogen) atoms. The van der Waals surface area contributed by atoms with Crippen molar-refractivity contribution in [1.82, 2.24) is 24.6 Å². The average molecular weight is 578 g/mol. The Morgan fingerprint density at radius 1 is 1.05 bits per heavy atom. The van der Waals surface area contributed by atoms with Crippen LogP contribution in [0.25, 0.3) is 10.9 Å². The average Bonchev–Trinajstić information content (AvgIpc) is 3.60. The molecule has 2 atom stereocenters. The van der Waals surface area contributed by atoms with Crippen LogP contribution in [0.15, 0.2) is 79.4 Å². The number of benzene rings is 3. The van der Waals surface area contributed by atoms with Gasteiger partial charge in [-0.15, -0.1) is 0 Å². The molecule has 0 bridgehead atoms. The third kappa shape index (κ3) is 5.49. The van der Waals surface area contributed by atoms with Crippen LogP contribution in [-0.4, -0.2) is 55.1 Å². The first-order chi connectivity index (χ1) is 19.4. The Hall–Kier alpha value is -4.05. The third-order valence-electron chi connectivity index (χ3n) is 6.84. The summed E-state index contributed by atoms with van der Waals surface area (Å²) in [6.07, 6.45) is 2.38. The van der Waals surface area contributed by atoms with E-state index >= 15 is 0 Å². The van der Waals surface area contributed by atoms with Crippen molar-refractivity contribution >= 4 is 40.2 Å². The minimum absolute atomic E-state index is 0.0924. The summed E-state index contributed by atoms with van der Waals surface area (Å²) in [5.41, 5.74) is 3.86. The lowest BCUT2D eigenvalue weighted by Crippen LogP contribution is -2.42. The van der Waals surface area contributed by atoms with Crippen molar-refractivity contribution in [2.75, 3.05) is 13.2 Å². The monoisotopic (exact) mass is 577 g/mol. The number of carbonyl (C=O) groups excluding carboxylic acids is 1. The van der Waals surface area contributed by atoms with Crippen LogP contribution in [0, 0.1) is 0 Å². The molecule has 11 heteroatoms. The maximum absolute atomic E-state index is 13.5. The zero-order valence-corrected chi connectivity index (χ0v) is 22.7. The van der Waals surface area contributed by atoms with E-state index in [1.54, 1.807) is 33.8 Å². The number of aromatic nitrogens is 4. The molecule has 1 aliphatic rings. The topological polar surface area (TPSA) is 106 Å². The van der Waals surface area contributed by atoms with Crippen LogP contribution >= 0.6 is 23.2 Å². The number of rotatable bonds is 7. The van der Waals surface area contributed by atoms with Gasteiger partial charge in [0.15, 0.2) is 0 Å².